The van der Waals surface area contributed by atoms with Crippen molar-refractivity contribution in [2.75, 3.05) is 48.4 Å². The molecule has 2 N–H and O–H groups in total. The molecule has 1 aliphatic heterocycles. The van der Waals surface area contributed by atoms with Gasteiger partial charge in [0.25, 0.3) is 5.91 Å². The molecule has 1 saturated heterocycles. The molecule has 200 valence electrons. The van der Waals surface area contributed by atoms with E-state index in [1.807, 2.05) is 48.4 Å². The maximum atomic E-state index is 14.4. The average Bonchev–Trinajstić information content (AvgIpc) is 3.67. The third kappa shape index (κ3) is 5.91. The molecule has 1 aliphatic carbocycles. The lowest BCUT2D eigenvalue weighted by molar-refractivity contribution is 0.102. The summed E-state index contributed by atoms with van der Waals surface area (Å²) in [5.74, 6) is 0.786. The second kappa shape index (κ2) is 10.8. The van der Waals surface area contributed by atoms with Crippen LogP contribution >= 0.6 is 0 Å². The summed E-state index contributed by atoms with van der Waals surface area (Å²) in [5.41, 5.74) is 4.79. The lowest BCUT2D eigenvalue weighted by Gasteiger charge is -2.29. The zero-order chi connectivity index (χ0) is 26.8. The molecular formula is C29H30FN7O2. The number of rotatable bonds is 8. The van der Waals surface area contributed by atoms with Gasteiger partial charge in [0, 0.05) is 48.3 Å². The van der Waals surface area contributed by atoms with Crippen LogP contribution in [-0.4, -0.2) is 58.7 Å². The number of hydrogen-bond acceptors (Lipinski definition) is 7. The molecule has 2 aromatic heterocycles. The van der Waals surface area contributed by atoms with Crippen molar-refractivity contribution in [1.82, 2.24) is 20.0 Å². The Bertz CT molecular complexity index is 1480. The van der Waals surface area contributed by atoms with Gasteiger partial charge in [-0.2, -0.15) is 0 Å². The molecule has 1 saturated carbocycles. The molecule has 6 rings (SSSR count). The number of aryl methyl sites for hydroxylation is 1. The van der Waals surface area contributed by atoms with E-state index in [0.717, 1.165) is 35.1 Å². The molecule has 10 heteroatoms. The van der Waals surface area contributed by atoms with E-state index >= 15 is 0 Å². The maximum absolute atomic E-state index is 14.4. The van der Waals surface area contributed by atoms with Crippen molar-refractivity contribution in [3.8, 4) is 16.9 Å². The van der Waals surface area contributed by atoms with E-state index in [4.69, 9.17) is 4.74 Å². The van der Waals surface area contributed by atoms with E-state index in [1.54, 1.807) is 16.9 Å². The first-order valence-electron chi connectivity index (χ1n) is 13.2. The summed E-state index contributed by atoms with van der Waals surface area (Å²) >= 11 is 0. The number of anilines is 3. The van der Waals surface area contributed by atoms with E-state index in [1.165, 1.54) is 25.0 Å². The SMILES string of the molecule is Cc1ccc(NC(=O)c2cc(F)cc(N3CCOCC3)c2)cc1-n1cc(-c2ccc(NCC3CC3)nc2)nn1. The van der Waals surface area contributed by atoms with E-state index in [9.17, 15) is 9.18 Å². The first-order valence-corrected chi connectivity index (χ1v) is 13.2. The first kappa shape index (κ1) is 25.0. The van der Waals surface area contributed by atoms with Crippen LogP contribution in [0, 0.1) is 18.7 Å². The van der Waals surface area contributed by atoms with Gasteiger partial charge in [0.15, 0.2) is 0 Å². The van der Waals surface area contributed by atoms with Gasteiger partial charge >= 0.3 is 0 Å². The third-order valence-corrected chi connectivity index (χ3v) is 7.06. The molecule has 0 spiro atoms. The van der Waals surface area contributed by atoms with Crippen LogP contribution < -0.4 is 15.5 Å². The van der Waals surface area contributed by atoms with Gasteiger partial charge in [-0.15, -0.1) is 5.10 Å². The lowest BCUT2D eigenvalue weighted by atomic mass is 10.1. The van der Waals surface area contributed by atoms with Crippen LogP contribution in [-0.2, 0) is 4.74 Å². The van der Waals surface area contributed by atoms with E-state index in [-0.39, 0.29) is 11.5 Å². The Morgan fingerprint density at radius 3 is 2.72 bits per heavy atom. The van der Waals surface area contributed by atoms with Gasteiger partial charge in [-0.05, 0) is 73.7 Å². The number of carbonyl (C=O) groups excluding carboxylic acids is 1. The van der Waals surface area contributed by atoms with Gasteiger partial charge in [0.2, 0.25) is 0 Å². The van der Waals surface area contributed by atoms with Crippen molar-refractivity contribution in [3.05, 3.63) is 77.9 Å². The Morgan fingerprint density at radius 1 is 1.10 bits per heavy atom. The van der Waals surface area contributed by atoms with Gasteiger partial charge in [-0.25, -0.2) is 14.1 Å². The van der Waals surface area contributed by atoms with Crippen LogP contribution in [0.15, 0.2) is 60.9 Å². The molecular weight excluding hydrogens is 497 g/mol. The van der Waals surface area contributed by atoms with Crippen molar-refractivity contribution >= 4 is 23.1 Å². The van der Waals surface area contributed by atoms with Gasteiger partial charge in [0.1, 0.15) is 17.3 Å². The predicted molar refractivity (Wildman–Crippen MR) is 148 cm³/mol. The summed E-state index contributed by atoms with van der Waals surface area (Å²) in [5, 5.41) is 14.9. The fourth-order valence-corrected chi connectivity index (χ4v) is 4.58. The molecule has 0 bridgehead atoms. The predicted octanol–water partition coefficient (Wildman–Crippen LogP) is 4.69. The summed E-state index contributed by atoms with van der Waals surface area (Å²) in [6.45, 7) is 5.39. The number of benzene rings is 2. The highest BCUT2D eigenvalue weighted by atomic mass is 19.1. The Hall–Kier alpha value is -4.31. The molecule has 2 aromatic carbocycles. The molecule has 2 fully saturated rings. The Labute approximate surface area is 226 Å². The second-order valence-corrected chi connectivity index (χ2v) is 10.1. The van der Waals surface area contributed by atoms with Gasteiger partial charge in [-0.1, -0.05) is 11.3 Å². The van der Waals surface area contributed by atoms with Crippen molar-refractivity contribution in [1.29, 1.82) is 0 Å². The van der Waals surface area contributed by atoms with E-state index in [2.05, 4.69) is 25.9 Å². The molecule has 3 heterocycles. The van der Waals surface area contributed by atoms with Crippen LogP contribution in [0.2, 0.25) is 0 Å². The van der Waals surface area contributed by atoms with E-state index in [0.29, 0.717) is 43.4 Å². The van der Waals surface area contributed by atoms with Crippen molar-refractivity contribution in [3.63, 3.8) is 0 Å². The van der Waals surface area contributed by atoms with Crippen molar-refractivity contribution < 1.29 is 13.9 Å². The largest absolute Gasteiger partial charge is 0.378 e. The highest BCUT2D eigenvalue weighted by molar-refractivity contribution is 6.05. The monoisotopic (exact) mass is 527 g/mol. The summed E-state index contributed by atoms with van der Waals surface area (Å²) in [6.07, 6.45) is 6.21. The minimum absolute atomic E-state index is 0.254. The maximum Gasteiger partial charge on any atom is 0.255 e. The Morgan fingerprint density at radius 2 is 1.95 bits per heavy atom. The Balaban J connectivity index is 1.17. The van der Waals surface area contributed by atoms with Crippen LogP contribution in [0.5, 0.6) is 0 Å². The highest BCUT2D eigenvalue weighted by Gasteiger charge is 2.21. The number of pyridine rings is 1. The number of morpholine rings is 1. The molecule has 2 aliphatic rings. The number of hydrogen-bond donors (Lipinski definition) is 2. The first-order chi connectivity index (χ1) is 19.0. The van der Waals surface area contributed by atoms with Crippen LogP contribution in [0.3, 0.4) is 0 Å². The molecule has 0 radical (unpaired) electrons. The quantitative estimate of drug-likeness (QED) is 0.343. The molecule has 0 unspecified atom stereocenters. The molecule has 9 nitrogen and oxygen atoms in total. The fraction of sp³-hybridized carbons (Fsp3) is 0.310. The second-order valence-electron chi connectivity index (χ2n) is 10.1. The smallest absolute Gasteiger partial charge is 0.255 e. The number of aromatic nitrogens is 4. The van der Waals surface area contributed by atoms with Crippen molar-refractivity contribution in [2.24, 2.45) is 5.92 Å². The number of nitrogens with one attached hydrogen (secondary N) is 2. The molecule has 4 aromatic rings. The van der Waals surface area contributed by atoms with E-state index < -0.39 is 5.82 Å². The van der Waals surface area contributed by atoms with Gasteiger partial charge in [-0.3, -0.25) is 4.79 Å². The minimum atomic E-state index is -0.454. The number of nitrogens with zero attached hydrogens (tertiary/aromatic N) is 5. The molecule has 1 amide bonds. The highest BCUT2D eigenvalue weighted by Crippen LogP contribution is 2.29. The average molecular weight is 528 g/mol. The Kier molecular flexibility index (Phi) is 6.93. The van der Waals surface area contributed by atoms with Crippen molar-refractivity contribution in [2.45, 2.75) is 19.8 Å². The lowest BCUT2D eigenvalue weighted by Crippen LogP contribution is -2.36. The summed E-state index contributed by atoms with van der Waals surface area (Å²) in [7, 11) is 0. The molecule has 0 atom stereocenters. The minimum Gasteiger partial charge on any atom is -0.378 e. The number of ether oxygens (including phenoxy) is 1. The number of carbonyl (C=O) groups is 1. The van der Waals surface area contributed by atoms with Crippen LogP contribution in [0.1, 0.15) is 28.8 Å². The van der Waals surface area contributed by atoms with Gasteiger partial charge in [0.05, 0.1) is 25.1 Å². The summed E-state index contributed by atoms with van der Waals surface area (Å²) in [6, 6.07) is 13.9. The molecule has 39 heavy (non-hydrogen) atoms. The normalized spacial score (nSPS) is 15.3. The zero-order valence-corrected chi connectivity index (χ0v) is 21.7. The topological polar surface area (TPSA) is 97.2 Å². The zero-order valence-electron chi connectivity index (χ0n) is 21.7. The summed E-state index contributed by atoms with van der Waals surface area (Å²) < 4.78 is 21.5. The van der Waals surface area contributed by atoms with Crippen LogP contribution in [0.25, 0.3) is 16.9 Å². The third-order valence-electron chi connectivity index (χ3n) is 7.06. The summed E-state index contributed by atoms with van der Waals surface area (Å²) in [4.78, 5) is 19.6. The fourth-order valence-electron chi connectivity index (χ4n) is 4.58. The number of amides is 1. The van der Waals surface area contributed by atoms with Gasteiger partial charge < -0.3 is 20.3 Å². The number of halogens is 1. The van der Waals surface area contributed by atoms with Crippen LogP contribution in [0.4, 0.5) is 21.6 Å². The standard InChI is InChI=1S/C29H30FN7O2/c1-19-2-6-24(33-29(38)22-12-23(30)14-25(13-22)36-8-10-39-11-9-36)15-27(19)37-18-26(34-35-37)21-5-7-28(32-17-21)31-16-20-3-4-20/h2,5-7,12-15,17-18,20H,3-4,8-11,16H2,1H3,(H,31,32)(H,33,38).